The van der Waals surface area contributed by atoms with Crippen LogP contribution in [0.2, 0.25) is 0 Å². The highest BCUT2D eigenvalue weighted by Gasteiger charge is 2.14. The molecule has 3 nitrogen and oxygen atoms in total. The fraction of sp³-hybridized carbons (Fsp3) is 0.938. The monoisotopic (exact) mass is 270 g/mol. The van der Waals surface area contributed by atoms with Crippen molar-refractivity contribution >= 4 is 6.21 Å². The average molecular weight is 270 g/mol. The molecule has 0 radical (unpaired) electrons. The fourth-order valence-electron chi connectivity index (χ4n) is 2.22. The standard InChI is InChI=1S/C16H34N2O/c1-14(2)15(17)11-9-7-5-6-8-10-12-16(3,4)13-18-19/h13-15,19H,5-12,17H2,1-4H3. The van der Waals surface area contributed by atoms with E-state index < -0.39 is 0 Å². The van der Waals surface area contributed by atoms with Gasteiger partial charge in [0.15, 0.2) is 0 Å². The van der Waals surface area contributed by atoms with Gasteiger partial charge in [0.05, 0.1) is 0 Å². The second-order valence-corrected chi connectivity index (χ2v) is 6.80. The lowest BCUT2D eigenvalue weighted by atomic mass is 9.88. The van der Waals surface area contributed by atoms with Crippen LogP contribution in [0, 0.1) is 11.3 Å². The van der Waals surface area contributed by atoms with Gasteiger partial charge in [0.2, 0.25) is 0 Å². The molecule has 3 N–H and O–H groups in total. The van der Waals surface area contributed by atoms with Gasteiger partial charge in [-0.15, -0.1) is 5.16 Å². The molecule has 0 aromatic heterocycles. The molecule has 0 aliphatic carbocycles. The van der Waals surface area contributed by atoms with Crippen LogP contribution in [-0.4, -0.2) is 17.5 Å². The maximum atomic E-state index is 8.54. The van der Waals surface area contributed by atoms with Crippen molar-refractivity contribution < 1.29 is 5.21 Å². The Hall–Kier alpha value is -0.570. The molecule has 0 amide bonds. The molecule has 0 aromatic rings. The first-order chi connectivity index (χ1) is 8.89. The van der Waals surface area contributed by atoms with Crippen LogP contribution in [0.15, 0.2) is 5.16 Å². The van der Waals surface area contributed by atoms with E-state index in [0.717, 1.165) is 12.8 Å². The van der Waals surface area contributed by atoms with Gasteiger partial charge in [0.25, 0.3) is 0 Å². The summed E-state index contributed by atoms with van der Waals surface area (Å²) in [5, 5.41) is 11.7. The molecule has 0 aliphatic rings. The highest BCUT2D eigenvalue weighted by molar-refractivity contribution is 5.63. The Morgan fingerprint density at radius 1 is 1.05 bits per heavy atom. The largest absolute Gasteiger partial charge is 0.411 e. The first kappa shape index (κ1) is 18.4. The quantitative estimate of drug-likeness (QED) is 0.250. The van der Waals surface area contributed by atoms with Crippen LogP contribution in [0.3, 0.4) is 0 Å². The molecule has 0 saturated heterocycles. The van der Waals surface area contributed by atoms with Crippen LogP contribution in [0.25, 0.3) is 0 Å². The normalized spacial score (nSPS) is 14.4. The third kappa shape index (κ3) is 11.0. The number of oxime groups is 1. The number of nitrogens with two attached hydrogens (primary N) is 1. The number of unbranched alkanes of at least 4 members (excludes halogenated alkanes) is 5. The maximum Gasteiger partial charge on any atom is 0.0492 e. The second kappa shape index (κ2) is 10.2. The fourth-order valence-corrected chi connectivity index (χ4v) is 2.22. The Kier molecular flexibility index (Phi) is 9.94. The third-order valence-electron chi connectivity index (χ3n) is 3.87. The van der Waals surface area contributed by atoms with Crippen molar-refractivity contribution in [1.29, 1.82) is 0 Å². The van der Waals surface area contributed by atoms with Crippen molar-refractivity contribution in [2.24, 2.45) is 22.2 Å². The smallest absolute Gasteiger partial charge is 0.0492 e. The molecular formula is C16H34N2O. The van der Waals surface area contributed by atoms with Crippen LogP contribution >= 0.6 is 0 Å². The predicted molar refractivity (Wildman–Crippen MR) is 83.8 cm³/mol. The lowest BCUT2D eigenvalue weighted by Gasteiger charge is -2.17. The number of nitrogens with zero attached hydrogens (tertiary/aromatic N) is 1. The highest BCUT2D eigenvalue weighted by atomic mass is 16.4. The molecule has 0 aromatic carbocycles. The van der Waals surface area contributed by atoms with Gasteiger partial charge in [-0.25, -0.2) is 0 Å². The van der Waals surface area contributed by atoms with E-state index in [2.05, 4.69) is 32.9 Å². The van der Waals surface area contributed by atoms with Crippen molar-refractivity contribution in [2.75, 3.05) is 0 Å². The first-order valence-corrected chi connectivity index (χ1v) is 7.83. The summed E-state index contributed by atoms with van der Waals surface area (Å²) >= 11 is 0. The summed E-state index contributed by atoms with van der Waals surface area (Å²) in [5.41, 5.74) is 6.05. The van der Waals surface area contributed by atoms with E-state index in [1.165, 1.54) is 38.5 Å². The molecule has 0 rings (SSSR count). The molecule has 1 unspecified atom stereocenters. The molecule has 1 atom stereocenters. The van der Waals surface area contributed by atoms with Crippen LogP contribution < -0.4 is 5.73 Å². The summed E-state index contributed by atoms with van der Waals surface area (Å²) in [6, 6.07) is 0.374. The molecule has 114 valence electrons. The molecule has 0 saturated carbocycles. The van der Waals surface area contributed by atoms with E-state index in [1.807, 2.05) is 0 Å². The van der Waals surface area contributed by atoms with Crippen molar-refractivity contribution in [3.8, 4) is 0 Å². The van der Waals surface area contributed by atoms with Crippen LogP contribution in [0.1, 0.15) is 79.1 Å². The number of rotatable bonds is 11. The summed E-state index contributed by atoms with van der Waals surface area (Å²) in [6.45, 7) is 8.62. The molecule has 0 bridgehead atoms. The first-order valence-electron chi connectivity index (χ1n) is 7.83. The third-order valence-corrected chi connectivity index (χ3v) is 3.87. The van der Waals surface area contributed by atoms with E-state index >= 15 is 0 Å². The van der Waals surface area contributed by atoms with Gasteiger partial charge < -0.3 is 10.9 Å². The molecule has 0 heterocycles. The van der Waals surface area contributed by atoms with E-state index in [9.17, 15) is 0 Å². The summed E-state index contributed by atoms with van der Waals surface area (Å²) < 4.78 is 0. The van der Waals surface area contributed by atoms with E-state index in [-0.39, 0.29) is 5.41 Å². The topological polar surface area (TPSA) is 58.6 Å². The summed E-state index contributed by atoms with van der Waals surface area (Å²) in [4.78, 5) is 0. The molecular weight excluding hydrogens is 236 g/mol. The Labute approximate surface area is 119 Å². The van der Waals surface area contributed by atoms with E-state index in [4.69, 9.17) is 10.9 Å². The number of hydrogen-bond acceptors (Lipinski definition) is 3. The zero-order valence-electron chi connectivity index (χ0n) is 13.4. The lowest BCUT2D eigenvalue weighted by molar-refractivity contribution is 0.310. The minimum atomic E-state index is 0.0266. The van der Waals surface area contributed by atoms with E-state index in [0.29, 0.717) is 12.0 Å². The van der Waals surface area contributed by atoms with Gasteiger partial charge in [-0.05, 0) is 18.8 Å². The van der Waals surface area contributed by atoms with Crippen molar-refractivity contribution in [3.05, 3.63) is 0 Å². The molecule has 3 heteroatoms. The molecule has 0 fully saturated rings. The molecule has 0 spiro atoms. The Bertz CT molecular complexity index is 237. The molecule has 0 aliphatic heterocycles. The number of hydrogen-bond donors (Lipinski definition) is 2. The maximum absolute atomic E-state index is 8.54. The SMILES string of the molecule is CC(C)C(N)CCCCCCCCC(C)(C)C=NO. The molecule has 19 heavy (non-hydrogen) atoms. The predicted octanol–water partition coefficient (Wildman–Crippen LogP) is 4.58. The summed E-state index contributed by atoms with van der Waals surface area (Å²) in [7, 11) is 0. The van der Waals surface area contributed by atoms with Crippen LogP contribution in [0.5, 0.6) is 0 Å². The van der Waals surface area contributed by atoms with Crippen LogP contribution in [-0.2, 0) is 0 Å². The van der Waals surface area contributed by atoms with Gasteiger partial charge >= 0.3 is 0 Å². The zero-order valence-corrected chi connectivity index (χ0v) is 13.4. The van der Waals surface area contributed by atoms with Crippen LogP contribution in [0.4, 0.5) is 0 Å². The van der Waals surface area contributed by atoms with Crippen molar-refractivity contribution in [1.82, 2.24) is 0 Å². The lowest BCUT2D eigenvalue weighted by Crippen LogP contribution is -2.25. The van der Waals surface area contributed by atoms with Gasteiger partial charge in [-0.2, -0.15) is 0 Å². The Balaban J connectivity index is 3.37. The second-order valence-electron chi connectivity index (χ2n) is 6.80. The minimum absolute atomic E-state index is 0.0266. The summed E-state index contributed by atoms with van der Waals surface area (Å²) in [5.74, 6) is 0.607. The summed E-state index contributed by atoms with van der Waals surface area (Å²) in [6.07, 6.45) is 11.6. The van der Waals surface area contributed by atoms with Gasteiger partial charge in [0.1, 0.15) is 0 Å². The minimum Gasteiger partial charge on any atom is -0.411 e. The zero-order chi connectivity index (χ0) is 14.7. The Morgan fingerprint density at radius 3 is 2.11 bits per heavy atom. The van der Waals surface area contributed by atoms with Gasteiger partial charge in [0, 0.05) is 17.7 Å². The Morgan fingerprint density at radius 2 is 1.58 bits per heavy atom. The van der Waals surface area contributed by atoms with Gasteiger partial charge in [-0.3, -0.25) is 0 Å². The highest BCUT2D eigenvalue weighted by Crippen LogP contribution is 2.22. The van der Waals surface area contributed by atoms with Crippen molar-refractivity contribution in [3.63, 3.8) is 0 Å². The van der Waals surface area contributed by atoms with Gasteiger partial charge in [-0.1, -0.05) is 66.2 Å². The van der Waals surface area contributed by atoms with E-state index in [1.54, 1.807) is 6.21 Å². The average Bonchev–Trinajstić information content (AvgIpc) is 2.31. The van der Waals surface area contributed by atoms with Crippen molar-refractivity contribution in [2.45, 2.75) is 85.1 Å².